The average Bonchev–Trinajstić information content (AvgIpc) is 3.71. The summed E-state index contributed by atoms with van der Waals surface area (Å²) in [4.78, 5) is 8.03. The highest BCUT2D eigenvalue weighted by atomic mass is 35.5. The van der Waals surface area contributed by atoms with Gasteiger partial charge in [0.05, 0.1) is 12.4 Å². The predicted molar refractivity (Wildman–Crippen MR) is 159 cm³/mol. The minimum Gasteiger partial charge on any atom is -0.272 e. The van der Waals surface area contributed by atoms with Crippen molar-refractivity contribution < 1.29 is 17.6 Å². The average molecular weight is 628 g/mol. The zero-order chi connectivity index (χ0) is 28.2. The SMILES string of the molecule is C.C.F[C@@H]1CC(Cn2cc(-c3cccnc3Cl)cn2)C[C@H]1F.F[C@H]1CC(Cn2cc(-c3cccnc3Cl)cn2)C[C@@H]1F. The van der Waals surface area contributed by atoms with Gasteiger partial charge in [-0.05, 0) is 61.8 Å². The topological polar surface area (TPSA) is 61.4 Å². The third kappa shape index (κ3) is 8.10. The van der Waals surface area contributed by atoms with Crippen molar-refractivity contribution in [2.75, 3.05) is 0 Å². The number of alkyl halides is 4. The Bertz CT molecular complexity index is 1290. The standard InChI is InChI=1S/2C14H14ClF2N3.2CH4/c2*15-14-11(2-1-3-18-14)10-6-19-20(8-10)7-9-4-12(16)13(17)5-9;;/h2*1-3,6,8-9,12-13H,4-5,7H2;2*1H4/t2*12-,13-;;/m10../s1. The van der Waals surface area contributed by atoms with Crippen molar-refractivity contribution in [2.24, 2.45) is 11.8 Å². The van der Waals surface area contributed by atoms with E-state index in [1.54, 1.807) is 46.3 Å². The summed E-state index contributed by atoms with van der Waals surface area (Å²) in [7, 11) is 0. The second-order valence-corrected chi connectivity index (χ2v) is 11.0. The molecular weight excluding hydrogens is 591 g/mol. The Morgan fingerprint density at radius 2 is 1.00 bits per heavy atom. The molecule has 4 aromatic heterocycles. The lowest BCUT2D eigenvalue weighted by Gasteiger charge is -2.08. The Morgan fingerprint density at radius 1 is 0.643 bits per heavy atom. The smallest absolute Gasteiger partial charge is 0.136 e. The van der Waals surface area contributed by atoms with E-state index in [-0.39, 0.29) is 52.4 Å². The molecule has 4 heterocycles. The van der Waals surface area contributed by atoms with Gasteiger partial charge in [0.15, 0.2) is 0 Å². The van der Waals surface area contributed by atoms with E-state index in [0.29, 0.717) is 23.4 Å². The Labute approximate surface area is 254 Å². The largest absolute Gasteiger partial charge is 0.272 e. The Hall–Kier alpha value is -2.98. The number of hydrogen-bond donors (Lipinski definition) is 0. The van der Waals surface area contributed by atoms with Crippen molar-refractivity contribution in [3.8, 4) is 22.3 Å². The molecule has 0 bridgehead atoms. The minimum absolute atomic E-state index is 0. The molecule has 42 heavy (non-hydrogen) atoms. The van der Waals surface area contributed by atoms with Crippen LogP contribution in [-0.2, 0) is 13.1 Å². The van der Waals surface area contributed by atoms with E-state index in [1.165, 1.54) is 0 Å². The Balaban J connectivity index is 0.000000220. The fourth-order valence-electron chi connectivity index (χ4n) is 5.29. The molecule has 0 N–H and O–H groups in total. The Kier molecular flexibility index (Phi) is 11.9. The quantitative estimate of drug-likeness (QED) is 0.159. The molecule has 0 aromatic carbocycles. The van der Waals surface area contributed by atoms with E-state index in [0.717, 1.165) is 22.3 Å². The van der Waals surface area contributed by atoms with E-state index >= 15 is 0 Å². The van der Waals surface area contributed by atoms with E-state index in [2.05, 4.69) is 20.2 Å². The van der Waals surface area contributed by atoms with Gasteiger partial charge < -0.3 is 0 Å². The number of aromatic nitrogens is 6. The number of hydrogen-bond acceptors (Lipinski definition) is 4. The van der Waals surface area contributed by atoms with Gasteiger partial charge in [-0.2, -0.15) is 10.2 Å². The van der Waals surface area contributed by atoms with Crippen LogP contribution in [0, 0.1) is 11.8 Å². The van der Waals surface area contributed by atoms with Crippen molar-refractivity contribution in [3.63, 3.8) is 0 Å². The fraction of sp³-hybridized carbons (Fsp3) is 0.467. The summed E-state index contributed by atoms with van der Waals surface area (Å²) >= 11 is 12.1. The third-order valence-corrected chi connectivity index (χ3v) is 7.92. The molecule has 0 amide bonds. The summed E-state index contributed by atoms with van der Waals surface area (Å²) in [6, 6.07) is 7.33. The molecule has 2 saturated carbocycles. The van der Waals surface area contributed by atoms with Crippen molar-refractivity contribution in [3.05, 3.63) is 71.8 Å². The first-order chi connectivity index (χ1) is 19.3. The van der Waals surface area contributed by atoms with Crippen LogP contribution in [0.2, 0.25) is 10.3 Å². The maximum Gasteiger partial charge on any atom is 0.136 e. The molecular formula is C30H36Cl2F4N6. The van der Waals surface area contributed by atoms with Crippen LogP contribution in [0.25, 0.3) is 22.3 Å². The van der Waals surface area contributed by atoms with Gasteiger partial charge in [-0.15, -0.1) is 0 Å². The van der Waals surface area contributed by atoms with Crippen LogP contribution in [0.1, 0.15) is 40.5 Å². The summed E-state index contributed by atoms with van der Waals surface area (Å²) in [6.07, 6.45) is 6.05. The van der Waals surface area contributed by atoms with Gasteiger partial charge in [0.25, 0.3) is 0 Å². The van der Waals surface area contributed by atoms with Crippen LogP contribution in [0.15, 0.2) is 61.4 Å². The summed E-state index contributed by atoms with van der Waals surface area (Å²) in [5.74, 6) is -0.00533. The first kappa shape index (κ1) is 33.5. The monoisotopic (exact) mass is 626 g/mol. The summed E-state index contributed by atoms with van der Waals surface area (Å²) in [5.41, 5.74) is 3.32. The van der Waals surface area contributed by atoms with Gasteiger partial charge in [-0.1, -0.05) is 38.1 Å². The molecule has 0 unspecified atom stereocenters. The number of rotatable bonds is 6. The third-order valence-electron chi connectivity index (χ3n) is 7.32. The zero-order valence-electron chi connectivity index (χ0n) is 21.4. The van der Waals surface area contributed by atoms with E-state index in [9.17, 15) is 17.6 Å². The van der Waals surface area contributed by atoms with Crippen molar-refractivity contribution in [2.45, 2.75) is 78.3 Å². The predicted octanol–water partition coefficient (Wildman–Crippen LogP) is 8.64. The van der Waals surface area contributed by atoms with Crippen molar-refractivity contribution >= 4 is 23.2 Å². The second-order valence-electron chi connectivity index (χ2n) is 10.3. The highest BCUT2D eigenvalue weighted by molar-refractivity contribution is 6.32. The van der Waals surface area contributed by atoms with Gasteiger partial charge >= 0.3 is 0 Å². The highest BCUT2D eigenvalue weighted by Crippen LogP contribution is 2.34. The van der Waals surface area contributed by atoms with E-state index in [1.807, 2.05) is 24.5 Å². The molecule has 6 nitrogen and oxygen atoms in total. The number of pyridine rings is 2. The van der Waals surface area contributed by atoms with E-state index < -0.39 is 24.7 Å². The summed E-state index contributed by atoms with van der Waals surface area (Å²) < 4.78 is 56.1. The summed E-state index contributed by atoms with van der Waals surface area (Å²) in [5, 5.41) is 9.30. The zero-order valence-corrected chi connectivity index (χ0v) is 22.9. The molecule has 12 heteroatoms. The molecule has 0 saturated heterocycles. The van der Waals surface area contributed by atoms with E-state index in [4.69, 9.17) is 23.2 Å². The van der Waals surface area contributed by atoms with Crippen LogP contribution in [0.5, 0.6) is 0 Å². The first-order valence-corrected chi connectivity index (χ1v) is 13.9. The lowest BCUT2D eigenvalue weighted by Crippen LogP contribution is -2.08. The summed E-state index contributed by atoms with van der Waals surface area (Å²) in [6.45, 7) is 1.05. The van der Waals surface area contributed by atoms with Crippen LogP contribution in [0.4, 0.5) is 17.6 Å². The minimum atomic E-state index is -1.33. The number of nitrogens with zero attached hydrogens (tertiary/aromatic N) is 6. The van der Waals surface area contributed by atoms with Gasteiger partial charge in [0.1, 0.15) is 35.0 Å². The fourth-order valence-corrected chi connectivity index (χ4v) is 5.75. The number of halogens is 6. The van der Waals surface area contributed by atoms with Crippen molar-refractivity contribution in [1.82, 2.24) is 29.5 Å². The second kappa shape index (κ2) is 15.0. The van der Waals surface area contributed by atoms with Crippen LogP contribution in [-0.4, -0.2) is 54.2 Å². The lowest BCUT2D eigenvalue weighted by atomic mass is 10.1. The normalized spacial score (nSPS) is 22.2. The molecule has 0 aliphatic heterocycles. The molecule has 228 valence electrons. The molecule has 0 spiro atoms. The molecule has 6 rings (SSSR count). The maximum atomic E-state index is 13.2. The first-order valence-electron chi connectivity index (χ1n) is 13.1. The van der Waals surface area contributed by atoms with Gasteiger partial charge in [-0.3, -0.25) is 9.36 Å². The molecule has 0 radical (unpaired) electrons. The van der Waals surface area contributed by atoms with Crippen LogP contribution >= 0.6 is 23.2 Å². The molecule has 4 aromatic rings. The molecule has 4 atom stereocenters. The van der Waals surface area contributed by atoms with Crippen molar-refractivity contribution in [1.29, 1.82) is 0 Å². The molecule has 2 fully saturated rings. The molecule has 2 aliphatic carbocycles. The molecule has 2 aliphatic rings. The van der Waals surface area contributed by atoms with Gasteiger partial charge in [-0.25, -0.2) is 27.5 Å². The highest BCUT2D eigenvalue weighted by Gasteiger charge is 2.35. The van der Waals surface area contributed by atoms with Crippen LogP contribution in [0.3, 0.4) is 0 Å². The Morgan fingerprint density at radius 3 is 1.33 bits per heavy atom. The van der Waals surface area contributed by atoms with Crippen LogP contribution < -0.4 is 0 Å². The maximum absolute atomic E-state index is 13.2. The van der Waals surface area contributed by atoms with Gasteiger partial charge in [0.2, 0.25) is 0 Å². The lowest BCUT2D eigenvalue weighted by molar-refractivity contribution is 0.199. The van der Waals surface area contributed by atoms with Gasteiger partial charge in [0, 0.05) is 60.1 Å².